The summed E-state index contributed by atoms with van der Waals surface area (Å²) in [6, 6.07) is 7.80. The number of guanidine groups is 1. The standard InChI is InChI=1S/C17H27ClN4O/c1-4-5-11-19-17(21-13-16(23)22(2)3)20-12-10-14-8-6-7-9-15(14)18/h6-9H,4-5,10-13H2,1-3H3,(H2,19,20,21). The Morgan fingerprint density at radius 2 is 1.91 bits per heavy atom. The molecular formula is C17H27ClN4O. The Morgan fingerprint density at radius 1 is 1.22 bits per heavy atom. The second-order valence-electron chi connectivity index (χ2n) is 5.50. The maximum absolute atomic E-state index is 11.7. The van der Waals surface area contributed by atoms with Crippen molar-refractivity contribution < 1.29 is 4.79 Å². The van der Waals surface area contributed by atoms with Crippen LogP contribution in [0.3, 0.4) is 0 Å². The van der Waals surface area contributed by atoms with Crippen molar-refractivity contribution in [3.63, 3.8) is 0 Å². The molecule has 0 heterocycles. The zero-order chi connectivity index (χ0) is 17.1. The molecule has 0 saturated carbocycles. The number of rotatable bonds is 8. The zero-order valence-corrected chi connectivity index (χ0v) is 15.0. The Morgan fingerprint density at radius 3 is 2.57 bits per heavy atom. The van der Waals surface area contributed by atoms with Crippen molar-refractivity contribution in [3.8, 4) is 0 Å². The summed E-state index contributed by atoms with van der Waals surface area (Å²) in [5, 5.41) is 7.28. The van der Waals surface area contributed by atoms with Crippen LogP contribution in [-0.2, 0) is 11.2 Å². The van der Waals surface area contributed by atoms with Gasteiger partial charge in [-0.1, -0.05) is 43.1 Å². The van der Waals surface area contributed by atoms with E-state index in [1.54, 1.807) is 14.1 Å². The first-order chi connectivity index (χ1) is 11.0. The molecule has 0 saturated heterocycles. The molecule has 1 aromatic rings. The lowest BCUT2D eigenvalue weighted by Gasteiger charge is -2.14. The number of halogens is 1. The van der Waals surface area contributed by atoms with Crippen LogP contribution in [-0.4, -0.2) is 50.5 Å². The fraction of sp³-hybridized carbons (Fsp3) is 0.529. The second-order valence-corrected chi connectivity index (χ2v) is 5.91. The van der Waals surface area contributed by atoms with Gasteiger partial charge in [-0.25, -0.2) is 4.99 Å². The third-order valence-electron chi connectivity index (χ3n) is 3.34. The van der Waals surface area contributed by atoms with Gasteiger partial charge in [-0.2, -0.15) is 0 Å². The van der Waals surface area contributed by atoms with Crippen LogP contribution in [0.4, 0.5) is 0 Å². The Balaban J connectivity index is 2.53. The predicted molar refractivity (Wildman–Crippen MR) is 97.1 cm³/mol. The van der Waals surface area contributed by atoms with E-state index >= 15 is 0 Å². The molecule has 6 heteroatoms. The Hall–Kier alpha value is -1.75. The number of nitrogens with one attached hydrogen (secondary N) is 2. The third kappa shape index (κ3) is 7.88. The highest BCUT2D eigenvalue weighted by Crippen LogP contribution is 2.14. The van der Waals surface area contributed by atoms with Gasteiger partial charge in [0, 0.05) is 32.2 Å². The van der Waals surface area contributed by atoms with Gasteiger partial charge < -0.3 is 15.5 Å². The minimum atomic E-state index is -0.0207. The molecule has 0 aromatic heterocycles. The van der Waals surface area contributed by atoms with E-state index in [4.69, 9.17) is 11.6 Å². The van der Waals surface area contributed by atoms with Gasteiger partial charge in [0.2, 0.25) is 5.91 Å². The van der Waals surface area contributed by atoms with Gasteiger partial charge in [0.25, 0.3) is 0 Å². The zero-order valence-electron chi connectivity index (χ0n) is 14.2. The number of benzene rings is 1. The molecule has 0 radical (unpaired) electrons. The van der Waals surface area contributed by atoms with E-state index in [0.29, 0.717) is 12.5 Å². The third-order valence-corrected chi connectivity index (χ3v) is 3.71. The van der Waals surface area contributed by atoms with Crippen molar-refractivity contribution in [2.75, 3.05) is 33.7 Å². The van der Waals surface area contributed by atoms with E-state index in [0.717, 1.165) is 36.4 Å². The molecule has 0 aliphatic carbocycles. The summed E-state index contributed by atoms with van der Waals surface area (Å²) < 4.78 is 0. The Labute approximate surface area is 144 Å². The summed E-state index contributed by atoms with van der Waals surface area (Å²) >= 11 is 6.16. The van der Waals surface area contributed by atoms with Crippen LogP contribution < -0.4 is 10.6 Å². The van der Waals surface area contributed by atoms with Gasteiger partial charge in [-0.15, -0.1) is 0 Å². The lowest BCUT2D eigenvalue weighted by molar-refractivity contribution is -0.127. The van der Waals surface area contributed by atoms with Crippen molar-refractivity contribution in [3.05, 3.63) is 34.9 Å². The van der Waals surface area contributed by atoms with Gasteiger partial charge in [0.1, 0.15) is 6.54 Å². The van der Waals surface area contributed by atoms with Crippen LogP contribution in [0.25, 0.3) is 0 Å². The second kappa shape index (κ2) is 10.9. The van der Waals surface area contributed by atoms with Gasteiger partial charge >= 0.3 is 0 Å². The van der Waals surface area contributed by atoms with Crippen molar-refractivity contribution in [1.29, 1.82) is 0 Å². The highest BCUT2D eigenvalue weighted by molar-refractivity contribution is 6.31. The lowest BCUT2D eigenvalue weighted by atomic mass is 10.1. The average molecular weight is 339 g/mol. The maximum Gasteiger partial charge on any atom is 0.243 e. The summed E-state index contributed by atoms with van der Waals surface area (Å²) in [6.45, 7) is 3.82. The summed E-state index contributed by atoms with van der Waals surface area (Å²) in [4.78, 5) is 17.5. The molecule has 0 aliphatic heterocycles. The molecule has 1 amide bonds. The van der Waals surface area contributed by atoms with Crippen LogP contribution in [0.15, 0.2) is 29.3 Å². The number of carbonyl (C=O) groups excluding carboxylic acids is 1. The molecule has 0 bridgehead atoms. The van der Waals surface area contributed by atoms with E-state index in [1.807, 2.05) is 24.3 Å². The number of aliphatic imine (C=N–C) groups is 1. The molecule has 23 heavy (non-hydrogen) atoms. The monoisotopic (exact) mass is 338 g/mol. The molecular weight excluding hydrogens is 312 g/mol. The van der Waals surface area contributed by atoms with Crippen molar-refractivity contribution in [2.24, 2.45) is 4.99 Å². The molecule has 5 nitrogen and oxygen atoms in total. The predicted octanol–water partition coefficient (Wildman–Crippen LogP) is 2.31. The fourth-order valence-electron chi connectivity index (χ4n) is 1.86. The van der Waals surface area contributed by atoms with Crippen LogP contribution in [0.1, 0.15) is 25.3 Å². The smallest absolute Gasteiger partial charge is 0.243 e. The molecule has 0 unspecified atom stereocenters. The van der Waals surface area contributed by atoms with Crippen molar-refractivity contribution >= 4 is 23.5 Å². The number of likely N-dealkylation sites (N-methyl/N-ethyl adjacent to an activating group) is 1. The molecule has 128 valence electrons. The molecule has 0 aliphatic rings. The number of nitrogens with zero attached hydrogens (tertiary/aromatic N) is 2. The van der Waals surface area contributed by atoms with Gasteiger partial charge in [0.15, 0.2) is 5.96 Å². The van der Waals surface area contributed by atoms with Crippen molar-refractivity contribution in [1.82, 2.24) is 15.5 Å². The van der Waals surface area contributed by atoms with E-state index < -0.39 is 0 Å². The quantitative estimate of drug-likeness (QED) is 0.434. The topological polar surface area (TPSA) is 56.7 Å². The molecule has 0 fully saturated rings. The number of carbonyl (C=O) groups is 1. The molecule has 2 N–H and O–H groups in total. The van der Waals surface area contributed by atoms with Crippen LogP contribution in [0.2, 0.25) is 5.02 Å². The van der Waals surface area contributed by atoms with Gasteiger partial charge in [-0.05, 0) is 24.5 Å². The minimum Gasteiger partial charge on any atom is -0.356 e. The maximum atomic E-state index is 11.7. The summed E-state index contributed by atoms with van der Waals surface area (Å²) in [6.07, 6.45) is 2.97. The molecule has 0 spiro atoms. The van der Waals surface area contributed by atoms with E-state index in [2.05, 4.69) is 22.5 Å². The van der Waals surface area contributed by atoms with Crippen molar-refractivity contribution in [2.45, 2.75) is 26.2 Å². The summed E-state index contributed by atoms with van der Waals surface area (Å²) in [5.41, 5.74) is 1.10. The Bertz CT molecular complexity index is 517. The minimum absolute atomic E-state index is 0.0207. The van der Waals surface area contributed by atoms with Crippen LogP contribution in [0, 0.1) is 0 Å². The number of unbranched alkanes of at least 4 members (excludes halogenated alkanes) is 1. The summed E-state index contributed by atoms with van der Waals surface area (Å²) in [5.74, 6) is 0.647. The van der Waals surface area contributed by atoms with E-state index in [1.165, 1.54) is 4.90 Å². The van der Waals surface area contributed by atoms with E-state index in [-0.39, 0.29) is 12.5 Å². The largest absolute Gasteiger partial charge is 0.356 e. The lowest BCUT2D eigenvalue weighted by Crippen LogP contribution is -2.40. The van der Waals surface area contributed by atoms with Gasteiger partial charge in [-0.3, -0.25) is 4.79 Å². The first-order valence-corrected chi connectivity index (χ1v) is 8.38. The first-order valence-electron chi connectivity index (χ1n) is 8.00. The number of hydrogen-bond donors (Lipinski definition) is 2. The number of amides is 1. The average Bonchev–Trinajstić information content (AvgIpc) is 2.53. The highest BCUT2D eigenvalue weighted by atomic mass is 35.5. The summed E-state index contributed by atoms with van der Waals surface area (Å²) in [7, 11) is 3.46. The molecule has 0 atom stereocenters. The SMILES string of the molecule is CCCCNC(=NCC(=O)N(C)C)NCCc1ccccc1Cl. The normalized spacial score (nSPS) is 11.2. The Kier molecular flexibility index (Phi) is 9.14. The molecule has 1 aromatic carbocycles. The molecule has 1 rings (SSSR count). The highest BCUT2D eigenvalue weighted by Gasteiger charge is 2.05. The van der Waals surface area contributed by atoms with E-state index in [9.17, 15) is 4.79 Å². The first kappa shape index (κ1) is 19.3. The number of hydrogen-bond acceptors (Lipinski definition) is 2. The van der Waals surface area contributed by atoms with Gasteiger partial charge in [0.05, 0.1) is 0 Å². The van der Waals surface area contributed by atoms with Crippen LogP contribution >= 0.6 is 11.6 Å². The fourth-order valence-corrected chi connectivity index (χ4v) is 2.09. The van der Waals surface area contributed by atoms with Crippen LogP contribution in [0.5, 0.6) is 0 Å².